The second-order valence-corrected chi connectivity index (χ2v) is 5.47. The molecule has 0 heterocycles. The first-order chi connectivity index (χ1) is 9.49. The standard InChI is InChI=1S/C15H14BrNO3/c1-10-8-12(6-7-13(10)16)15(18)9-11-4-2-3-5-14(11)17(19)20/h2-8,15,18H,9H2,1H3. The van der Waals surface area contributed by atoms with Gasteiger partial charge in [-0.15, -0.1) is 0 Å². The van der Waals surface area contributed by atoms with E-state index in [-0.39, 0.29) is 12.1 Å². The zero-order valence-corrected chi connectivity index (χ0v) is 12.5. The van der Waals surface area contributed by atoms with Crippen molar-refractivity contribution in [1.82, 2.24) is 0 Å². The number of nitro benzene ring substituents is 1. The van der Waals surface area contributed by atoms with Crippen LogP contribution in [0.3, 0.4) is 0 Å². The smallest absolute Gasteiger partial charge is 0.272 e. The van der Waals surface area contributed by atoms with Gasteiger partial charge in [-0.3, -0.25) is 10.1 Å². The molecule has 0 aromatic heterocycles. The van der Waals surface area contributed by atoms with E-state index in [4.69, 9.17) is 0 Å². The third-order valence-corrected chi connectivity index (χ3v) is 4.06. The van der Waals surface area contributed by atoms with Gasteiger partial charge in [-0.25, -0.2) is 0 Å². The number of hydrogen-bond donors (Lipinski definition) is 1. The number of aliphatic hydroxyl groups is 1. The Morgan fingerprint density at radius 2 is 2.00 bits per heavy atom. The van der Waals surface area contributed by atoms with Gasteiger partial charge < -0.3 is 5.11 Å². The van der Waals surface area contributed by atoms with Gasteiger partial charge in [-0.05, 0) is 24.1 Å². The fraction of sp³-hybridized carbons (Fsp3) is 0.200. The lowest BCUT2D eigenvalue weighted by Crippen LogP contribution is -2.04. The summed E-state index contributed by atoms with van der Waals surface area (Å²) < 4.78 is 0.971. The molecule has 1 unspecified atom stereocenters. The van der Waals surface area contributed by atoms with Crippen LogP contribution in [-0.2, 0) is 6.42 Å². The molecule has 0 aliphatic heterocycles. The molecule has 4 nitrogen and oxygen atoms in total. The molecule has 0 aliphatic rings. The monoisotopic (exact) mass is 335 g/mol. The fourth-order valence-corrected chi connectivity index (χ4v) is 2.31. The van der Waals surface area contributed by atoms with Gasteiger partial charge in [0.2, 0.25) is 0 Å². The van der Waals surface area contributed by atoms with Crippen molar-refractivity contribution in [2.75, 3.05) is 0 Å². The Kier molecular flexibility index (Phi) is 4.52. The van der Waals surface area contributed by atoms with Gasteiger partial charge in [0.25, 0.3) is 5.69 Å². The van der Waals surface area contributed by atoms with Crippen LogP contribution < -0.4 is 0 Å². The first-order valence-corrected chi connectivity index (χ1v) is 6.94. The molecule has 0 bridgehead atoms. The second-order valence-electron chi connectivity index (χ2n) is 4.61. The van der Waals surface area contributed by atoms with Gasteiger partial charge in [0, 0.05) is 22.5 Å². The van der Waals surface area contributed by atoms with E-state index in [1.54, 1.807) is 18.2 Å². The van der Waals surface area contributed by atoms with Crippen molar-refractivity contribution in [3.63, 3.8) is 0 Å². The highest BCUT2D eigenvalue weighted by Crippen LogP contribution is 2.27. The second kappa shape index (κ2) is 6.15. The average molecular weight is 336 g/mol. The molecule has 0 fully saturated rings. The Morgan fingerprint density at radius 1 is 1.30 bits per heavy atom. The summed E-state index contributed by atoms with van der Waals surface area (Å²) in [6, 6.07) is 12.1. The van der Waals surface area contributed by atoms with Crippen molar-refractivity contribution in [1.29, 1.82) is 0 Å². The zero-order valence-electron chi connectivity index (χ0n) is 10.9. The molecular formula is C15H14BrNO3. The molecule has 0 saturated heterocycles. The van der Waals surface area contributed by atoms with E-state index in [0.29, 0.717) is 5.56 Å². The van der Waals surface area contributed by atoms with E-state index < -0.39 is 11.0 Å². The molecule has 0 amide bonds. The molecule has 0 spiro atoms. The molecule has 5 heteroatoms. The van der Waals surface area contributed by atoms with Crippen molar-refractivity contribution in [3.8, 4) is 0 Å². The highest BCUT2D eigenvalue weighted by atomic mass is 79.9. The third-order valence-electron chi connectivity index (χ3n) is 3.17. The number of nitrogens with zero attached hydrogens (tertiary/aromatic N) is 1. The Morgan fingerprint density at radius 3 is 2.65 bits per heavy atom. The Bertz CT molecular complexity index is 643. The van der Waals surface area contributed by atoms with Crippen LogP contribution >= 0.6 is 15.9 Å². The van der Waals surface area contributed by atoms with Crippen LogP contribution in [0.4, 0.5) is 5.69 Å². The SMILES string of the molecule is Cc1cc(C(O)Cc2ccccc2[N+](=O)[O-])ccc1Br. The summed E-state index contributed by atoms with van der Waals surface area (Å²) in [5.74, 6) is 0. The molecule has 2 aromatic carbocycles. The van der Waals surface area contributed by atoms with E-state index in [1.807, 2.05) is 25.1 Å². The van der Waals surface area contributed by atoms with Gasteiger partial charge in [-0.2, -0.15) is 0 Å². The maximum atomic E-state index is 11.0. The number of benzene rings is 2. The third kappa shape index (κ3) is 3.23. The van der Waals surface area contributed by atoms with Gasteiger partial charge in [-0.1, -0.05) is 46.3 Å². The van der Waals surface area contributed by atoms with Crippen molar-refractivity contribution in [2.24, 2.45) is 0 Å². The van der Waals surface area contributed by atoms with E-state index in [9.17, 15) is 15.2 Å². The molecule has 1 atom stereocenters. The van der Waals surface area contributed by atoms with E-state index in [0.717, 1.165) is 15.6 Å². The first kappa shape index (κ1) is 14.7. The minimum absolute atomic E-state index is 0.0420. The Labute approximate surface area is 125 Å². The lowest BCUT2D eigenvalue weighted by Gasteiger charge is -2.12. The van der Waals surface area contributed by atoms with Gasteiger partial charge in [0.1, 0.15) is 0 Å². The van der Waals surface area contributed by atoms with Crippen molar-refractivity contribution < 1.29 is 10.0 Å². The zero-order chi connectivity index (χ0) is 14.7. The highest BCUT2D eigenvalue weighted by molar-refractivity contribution is 9.10. The number of aryl methyl sites for hydroxylation is 1. The summed E-state index contributed by atoms with van der Waals surface area (Å²) in [6.45, 7) is 1.94. The summed E-state index contributed by atoms with van der Waals surface area (Å²) in [4.78, 5) is 10.5. The van der Waals surface area contributed by atoms with Gasteiger partial charge >= 0.3 is 0 Å². The largest absolute Gasteiger partial charge is 0.388 e. The van der Waals surface area contributed by atoms with Crippen LogP contribution in [0.5, 0.6) is 0 Å². The van der Waals surface area contributed by atoms with E-state index in [1.165, 1.54) is 6.07 Å². The Balaban J connectivity index is 2.25. The predicted octanol–water partition coefficient (Wildman–Crippen LogP) is 3.94. The van der Waals surface area contributed by atoms with Crippen LogP contribution in [0.1, 0.15) is 22.8 Å². The molecule has 0 saturated carbocycles. The molecule has 0 aliphatic carbocycles. The van der Waals surface area contributed by atoms with Crippen molar-refractivity contribution in [3.05, 3.63) is 73.7 Å². The predicted molar refractivity (Wildman–Crippen MR) is 80.6 cm³/mol. The molecule has 1 N–H and O–H groups in total. The number of rotatable bonds is 4. The topological polar surface area (TPSA) is 63.4 Å². The molecule has 104 valence electrons. The number of para-hydroxylation sites is 1. The normalized spacial score (nSPS) is 12.2. The summed E-state index contributed by atoms with van der Waals surface area (Å²) in [7, 11) is 0. The molecule has 20 heavy (non-hydrogen) atoms. The first-order valence-electron chi connectivity index (χ1n) is 6.15. The van der Waals surface area contributed by atoms with Crippen molar-refractivity contribution in [2.45, 2.75) is 19.4 Å². The van der Waals surface area contributed by atoms with Crippen LogP contribution in [0.25, 0.3) is 0 Å². The summed E-state index contributed by atoms with van der Waals surface area (Å²) >= 11 is 3.41. The summed E-state index contributed by atoms with van der Waals surface area (Å²) in [6.07, 6.45) is -0.541. The summed E-state index contributed by atoms with van der Waals surface area (Å²) in [5, 5.41) is 21.2. The molecule has 2 aromatic rings. The lowest BCUT2D eigenvalue weighted by atomic mass is 9.99. The quantitative estimate of drug-likeness (QED) is 0.679. The number of hydrogen-bond acceptors (Lipinski definition) is 3. The number of nitro groups is 1. The molecule has 0 radical (unpaired) electrons. The highest BCUT2D eigenvalue weighted by Gasteiger charge is 2.17. The molecule has 2 rings (SSSR count). The van der Waals surface area contributed by atoms with Gasteiger partial charge in [0.05, 0.1) is 11.0 Å². The van der Waals surface area contributed by atoms with Crippen LogP contribution in [-0.4, -0.2) is 10.0 Å². The minimum Gasteiger partial charge on any atom is -0.388 e. The maximum absolute atomic E-state index is 11.0. The van der Waals surface area contributed by atoms with Crippen LogP contribution in [0, 0.1) is 17.0 Å². The van der Waals surface area contributed by atoms with Crippen LogP contribution in [0.15, 0.2) is 46.9 Å². The number of halogens is 1. The Hall–Kier alpha value is -1.72. The van der Waals surface area contributed by atoms with Crippen LogP contribution in [0.2, 0.25) is 0 Å². The average Bonchev–Trinajstić information content (AvgIpc) is 2.42. The maximum Gasteiger partial charge on any atom is 0.272 e. The van der Waals surface area contributed by atoms with Crippen molar-refractivity contribution >= 4 is 21.6 Å². The lowest BCUT2D eigenvalue weighted by molar-refractivity contribution is -0.385. The summed E-state index contributed by atoms with van der Waals surface area (Å²) in [5.41, 5.74) is 2.35. The van der Waals surface area contributed by atoms with E-state index in [2.05, 4.69) is 15.9 Å². The molecular weight excluding hydrogens is 322 g/mol. The minimum atomic E-state index is -0.761. The fourth-order valence-electron chi connectivity index (χ4n) is 2.06. The van der Waals surface area contributed by atoms with E-state index >= 15 is 0 Å². The number of aliphatic hydroxyl groups excluding tert-OH is 1. The van der Waals surface area contributed by atoms with Gasteiger partial charge in [0.15, 0.2) is 0 Å².